The molecule has 3 amide bonds. The zero-order chi connectivity index (χ0) is 16.9. The predicted molar refractivity (Wildman–Crippen MR) is 88.8 cm³/mol. The summed E-state index contributed by atoms with van der Waals surface area (Å²) in [6.45, 7) is 3.97. The number of nitrogens with zero attached hydrogens (tertiary/aromatic N) is 4. The van der Waals surface area contributed by atoms with Crippen molar-refractivity contribution in [2.45, 2.75) is 6.10 Å². The molecule has 2 fully saturated rings. The molecule has 1 aromatic heterocycles. The number of piperazine rings is 1. The Hall–Kier alpha value is -2.35. The number of morpholine rings is 1. The van der Waals surface area contributed by atoms with E-state index in [4.69, 9.17) is 4.74 Å². The third-order valence-corrected chi connectivity index (χ3v) is 4.42. The van der Waals surface area contributed by atoms with Gasteiger partial charge in [0.2, 0.25) is 5.91 Å². The van der Waals surface area contributed by atoms with E-state index in [-0.39, 0.29) is 24.6 Å². The van der Waals surface area contributed by atoms with Gasteiger partial charge in [-0.15, -0.1) is 0 Å². The lowest BCUT2D eigenvalue weighted by atomic mass is 10.2. The van der Waals surface area contributed by atoms with Crippen molar-refractivity contribution in [3.63, 3.8) is 0 Å². The third-order valence-electron chi connectivity index (χ3n) is 4.42. The van der Waals surface area contributed by atoms with Gasteiger partial charge in [0.15, 0.2) is 0 Å². The molecule has 1 atom stereocenters. The van der Waals surface area contributed by atoms with Crippen LogP contribution in [0.5, 0.6) is 0 Å². The molecule has 0 aliphatic carbocycles. The average Bonchev–Trinajstić information content (AvgIpc) is 2.63. The van der Waals surface area contributed by atoms with Crippen LogP contribution in [0.15, 0.2) is 24.5 Å². The number of pyridine rings is 1. The fourth-order valence-corrected chi connectivity index (χ4v) is 2.92. The van der Waals surface area contributed by atoms with Gasteiger partial charge in [0, 0.05) is 64.4 Å². The minimum absolute atomic E-state index is 0.0233. The van der Waals surface area contributed by atoms with Crippen molar-refractivity contribution in [3.8, 4) is 0 Å². The minimum atomic E-state index is -0.144. The maximum absolute atomic E-state index is 12.3. The quantitative estimate of drug-likeness (QED) is 0.827. The van der Waals surface area contributed by atoms with Crippen LogP contribution in [0.3, 0.4) is 0 Å². The summed E-state index contributed by atoms with van der Waals surface area (Å²) in [7, 11) is 1.75. The molecule has 0 unspecified atom stereocenters. The normalized spacial score (nSPS) is 21.8. The van der Waals surface area contributed by atoms with Gasteiger partial charge >= 0.3 is 6.03 Å². The zero-order valence-corrected chi connectivity index (χ0v) is 13.9. The lowest BCUT2D eigenvalue weighted by molar-refractivity contribution is -0.146. The SMILES string of the molecule is CN1C[C@H](CNC(=O)N2CCN(c3ccncc3)CC2)OCC1=O. The largest absolute Gasteiger partial charge is 0.368 e. The number of hydrogen-bond donors (Lipinski definition) is 1. The molecule has 1 N–H and O–H groups in total. The lowest BCUT2D eigenvalue weighted by Crippen LogP contribution is -2.54. The van der Waals surface area contributed by atoms with Gasteiger partial charge in [-0.05, 0) is 12.1 Å². The highest BCUT2D eigenvalue weighted by Gasteiger charge is 2.25. The van der Waals surface area contributed by atoms with Crippen LogP contribution in [0, 0.1) is 0 Å². The van der Waals surface area contributed by atoms with Crippen LogP contribution in [-0.2, 0) is 9.53 Å². The number of carbonyl (C=O) groups excluding carboxylic acids is 2. The number of amides is 3. The van der Waals surface area contributed by atoms with E-state index in [1.54, 1.807) is 24.3 Å². The number of likely N-dealkylation sites (N-methyl/N-ethyl adjacent to an activating group) is 1. The van der Waals surface area contributed by atoms with Gasteiger partial charge in [-0.25, -0.2) is 4.79 Å². The number of rotatable bonds is 3. The maximum Gasteiger partial charge on any atom is 0.317 e. The summed E-state index contributed by atoms with van der Waals surface area (Å²) in [5, 5.41) is 2.91. The molecule has 1 aromatic rings. The van der Waals surface area contributed by atoms with Crippen LogP contribution in [0.25, 0.3) is 0 Å². The fourth-order valence-electron chi connectivity index (χ4n) is 2.92. The second-order valence-corrected chi connectivity index (χ2v) is 6.07. The molecule has 3 heterocycles. The van der Waals surface area contributed by atoms with Gasteiger partial charge in [0.05, 0.1) is 6.10 Å². The van der Waals surface area contributed by atoms with Crippen LogP contribution in [0.1, 0.15) is 0 Å². The number of nitrogens with one attached hydrogen (secondary N) is 1. The molecule has 2 aliphatic rings. The molecule has 24 heavy (non-hydrogen) atoms. The van der Waals surface area contributed by atoms with Crippen molar-refractivity contribution in [1.29, 1.82) is 0 Å². The molecule has 0 saturated carbocycles. The first-order valence-electron chi connectivity index (χ1n) is 8.17. The molecule has 0 radical (unpaired) electrons. The van der Waals surface area contributed by atoms with Crippen LogP contribution in [0.2, 0.25) is 0 Å². The minimum Gasteiger partial charge on any atom is -0.368 e. The Bertz CT molecular complexity index is 574. The summed E-state index contributed by atoms with van der Waals surface area (Å²) in [6.07, 6.45) is 3.41. The van der Waals surface area contributed by atoms with E-state index < -0.39 is 0 Å². The Labute approximate surface area is 141 Å². The van der Waals surface area contributed by atoms with Crippen LogP contribution >= 0.6 is 0 Å². The summed E-state index contributed by atoms with van der Waals surface area (Å²) >= 11 is 0. The monoisotopic (exact) mass is 333 g/mol. The van der Waals surface area contributed by atoms with Gasteiger partial charge in [-0.2, -0.15) is 0 Å². The summed E-state index contributed by atoms with van der Waals surface area (Å²) in [4.78, 5) is 33.4. The van der Waals surface area contributed by atoms with Gasteiger partial charge in [0.25, 0.3) is 0 Å². The van der Waals surface area contributed by atoms with Crippen LogP contribution < -0.4 is 10.2 Å². The Balaban J connectivity index is 1.42. The maximum atomic E-state index is 12.3. The second-order valence-electron chi connectivity index (χ2n) is 6.07. The average molecular weight is 333 g/mol. The number of ether oxygens (including phenoxy) is 1. The highest BCUT2D eigenvalue weighted by atomic mass is 16.5. The molecule has 8 heteroatoms. The topological polar surface area (TPSA) is 78.0 Å². The summed E-state index contributed by atoms with van der Waals surface area (Å²) < 4.78 is 5.43. The number of anilines is 1. The zero-order valence-electron chi connectivity index (χ0n) is 13.9. The van der Waals surface area contributed by atoms with Gasteiger partial charge in [0.1, 0.15) is 6.61 Å². The number of aromatic nitrogens is 1. The van der Waals surface area contributed by atoms with E-state index in [9.17, 15) is 9.59 Å². The van der Waals surface area contributed by atoms with Gasteiger partial charge in [-0.3, -0.25) is 9.78 Å². The van der Waals surface area contributed by atoms with Gasteiger partial charge < -0.3 is 24.8 Å². The molecular weight excluding hydrogens is 310 g/mol. The molecule has 2 saturated heterocycles. The first-order chi connectivity index (χ1) is 11.6. The smallest absolute Gasteiger partial charge is 0.317 e. The molecule has 130 valence electrons. The summed E-state index contributed by atoms with van der Waals surface area (Å²) in [5.41, 5.74) is 1.13. The Morgan fingerprint density at radius 2 is 2.00 bits per heavy atom. The highest BCUT2D eigenvalue weighted by Crippen LogP contribution is 2.14. The molecule has 3 rings (SSSR count). The lowest BCUT2D eigenvalue weighted by Gasteiger charge is -2.36. The third kappa shape index (κ3) is 3.94. The van der Waals surface area contributed by atoms with E-state index in [1.165, 1.54) is 0 Å². The van der Waals surface area contributed by atoms with Crippen molar-refractivity contribution < 1.29 is 14.3 Å². The van der Waals surface area contributed by atoms with E-state index in [1.807, 2.05) is 17.0 Å². The van der Waals surface area contributed by atoms with Crippen LogP contribution in [0.4, 0.5) is 10.5 Å². The van der Waals surface area contributed by atoms with Crippen molar-refractivity contribution in [1.82, 2.24) is 20.1 Å². The predicted octanol–water partition coefficient (Wildman–Crippen LogP) is -0.230. The molecule has 0 spiro atoms. The van der Waals surface area contributed by atoms with E-state index in [0.29, 0.717) is 26.2 Å². The number of carbonyl (C=O) groups is 2. The Morgan fingerprint density at radius 1 is 1.29 bits per heavy atom. The molecule has 0 aromatic carbocycles. The van der Waals surface area contributed by atoms with E-state index in [0.717, 1.165) is 18.8 Å². The summed E-state index contributed by atoms with van der Waals surface area (Å²) in [5.74, 6) is -0.0233. The first-order valence-corrected chi connectivity index (χ1v) is 8.17. The molecule has 8 nitrogen and oxygen atoms in total. The van der Waals surface area contributed by atoms with E-state index in [2.05, 4.69) is 15.2 Å². The molecule has 2 aliphatic heterocycles. The molecular formula is C16H23N5O3. The highest BCUT2D eigenvalue weighted by molar-refractivity contribution is 5.78. The van der Waals surface area contributed by atoms with Crippen LogP contribution in [-0.4, -0.2) is 85.7 Å². The Morgan fingerprint density at radius 3 is 2.67 bits per heavy atom. The van der Waals surface area contributed by atoms with Crippen molar-refractivity contribution in [2.75, 3.05) is 57.8 Å². The van der Waals surface area contributed by atoms with Crippen molar-refractivity contribution in [2.24, 2.45) is 0 Å². The number of hydrogen-bond acceptors (Lipinski definition) is 5. The first kappa shape index (κ1) is 16.5. The standard InChI is InChI=1S/C16H23N5O3/c1-19-11-14(24-12-15(19)22)10-18-16(23)21-8-6-20(7-9-21)13-2-4-17-5-3-13/h2-5,14H,6-12H2,1H3,(H,18,23)/t14-/m0/s1. The molecule has 0 bridgehead atoms. The second kappa shape index (κ2) is 7.48. The van der Waals surface area contributed by atoms with E-state index >= 15 is 0 Å². The van der Waals surface area contributed by atoms with Crippen molar-refractivity contribution in [3.05, 3.63) is 24.5 Å². The Kier molecular flexibility index (Phi) is 5.14. The number of urea groups is 1. The van der Waals surface area contributed by atoms with Crippen molar-refractivity contribution >= 4 is 17.6 Å². The summed E-state index contributed by atoms with van der Waals surface area (Å²) in [6, 6.07) is 3.88. The van der Waals surface area contributed by atoms with Gasteiger partial charge in [-0.1, -0.05) is 0 Å². The fraction of sp³-hybridized carbons (Fsp3) is 0.562.